The summed E-state index contributed by atoms with van der Waals surface area (Å²) in [6.45, 7) is 5.21. The van der Waals surface area contributed by atoms with Crippen molar-refractivity contribution in [3.63, 3.8) is 0 Å². The van der Waals surface area contributed by atoms with Crippen LogP contribution in [0.2, 0.25) is 0 Å². The first-order valence-electron chi connectivity index (χ1n) is 6.02. The van der Waals surface area contributed by atoms with E-state index >= 15 is 0 Å². The summed E-state index contributed by atoms with van der Waals surface area (Å²) in [4.78, 5) is 23.5. The molecular weight excluding hydrogens is 311 g/mol. The summed E-state index contributed by atoms with van der Waals surface area (Å²) < 4.78 is 13.4. The van der Waals surface area contributed by atoms with E-state index < -0.39 is 0 Å². The van der Waals surface area contributed by atoms with Crippen molar-refractivity contribution in [2.75, 3.05) is 0 Å². The molecule has 1 rings (SSSR count). The first-order valence-corrected chi connectivity index (χ1v) is 6.81. The summed E-state index contributed by atoms with van der Waals surface area (Å²) >= 11 is 3.08. The Bertz CT molecular complexity index is 533. The lowest BCUT2D eigenvalue weighted by Gasteiger charge is -2.06. The Morgan fingerprint density at radius 1 is 1.37 bits per heavy atom. The Morgan fingerprint density at radius 2 is 2.00 bits per heavy atom. The Balaban J connectivity index is 3.11. The summed E-state index contributed by atoms with van der Waals surface area (Å²) in [5, 5.41) is 0. The van der Waals surface area contributed by atoms with Crippen LogP contribution in [0.5, 0.6) is 0 Å². The topological polar surface area (TPSA) is 34.1 Å². The fourth-order valence-electron chi connectivity index (χ4n) is 1.63. The van der Waals surface area contributed by atoms with Crippen molar-refractivity contribution in [2.45, 2.75) is 27.2 Å². The third kappa shape index (κ3) is 4.71. The fraction of sp³-hybridized carbons (Fsp3) is 0.333. The highest BCUT2D eigenvalue weighted by molar-refractivity contribution is 9.10. The van der Waals surface area contributed by atoms with Crippen LogP contribution in [0.1, 0.15) is 32.8 Å². The Kier molecular flexibility index (Phi) is 5.60. The fourth-order valence-corrected chi connectivity index (χ4v) is 2.02. The van der Waals surface area contributed by atoms with E-state index in [1.165, 1.54) is 25.1 Å². The molecule has 0 saturated carbocycles. The van der Waals surface area contributed by atoms with Crippen LogP contribution in [-0.2, 0) is 9.59 Å². The molecule has 0 amide bonds. The van der Waals surface area contributed by atoms with Gasteiger partial charge in [-0.3, -0.25) is 9.59 Å². The highest BCUT2D eigenvalue weighted by atomic mass is 79.9. The molecule has 0 heterocycles. The number of ketones is 2. The zero-order chi connectivity index (χ0) is 14.6. The minimum Gasteiger partial charge on any atom is -0.294 e. The van der Waals surface area contributed by atoms with Crippen LogP contribution in [0.25, 0.3) is 6.08 Å². The van der Waals surface area contributed by atoms with Crippen LogP contribution < -0.4 is 0 Å². The van der Waals surface area contributed by atoms with Gasteiger partial charge in [0.25, 0.3) is 0 Å². The standard InChI is InChI=1S/C15H16BrFO2/c1-9(2)6-15(19)12(10(3)18)7-11-4-5-14(17)13(16)8-11/h4-5,7-9H,6H2,1-3H3/b12-7+. The Hall–Kier alpha value is -1.29. The van der Waals surface area contributed by atoms with Crippen molar-refractivity contribution < 1.29 is 14.0 Å². The first-order chi connectivity index (χ1) is 8.81. The maximum atomic E-state index is 13.1. The second-order valence-corrected chi connectivity index (χ2v) is 5.66. The van der Waals surface area contributed by atoms with E-state index in [1.54, 1.807) is 6.07 Å². The van der Waals surface area contributed by atoms with Gasteiger partial charge in [0.1, 0.15) is 5.82 Å². The molecule has 0 N–H and O–H groups in total. The first kappa shape index (κ1) is 15.8. The van der Waals surface area contributed by atoms with Gasteiger partial charge in [0.05, 0.1) is 10.0 Å². The third-order valence-electron chi connectivity index (χ3n) is 2.53. The summed E-state index contributed by atoms with van der Waals surface area (Å²) in [7, 11) is 0. The van der Waals surface area contributed by atoms with E-state index in [9.17, 15) is 14.0 Å². The van der Waals surface area contributed by atoms with Crippen molar-refractivity contribution in [2.24, 2.45) is 5.92 Å². The zero-order valence-electron chi connectivity index (χ0n) is 11.2. The molecular formula is C15H16BrFO2. The van der Waals surface area contributed by atoms with Crippen LogP contribution in [0.3, 0.4) is 0 Å². The third-order valence-corrected chi connectivity index (χ3v) is 3.14. The molecule has 0 atom stereocenters. The number of rotatable bonds is 5. The zero-order valence-corrected chi connectivity index (χ0v) is 12.8. The van der Waals surface area contributed by atoms with Gasteiger partial charge in [-0.25, -0.2) is 4.39 Å². The normalized spacial score (nSPS) is 11.8. The van der Waals surface area contributed by atoms with Crippen LogP contribution >= 0.6 is 15.9 Å². The van der Waals surface area contributed by atoms with Gasteiger partial charge in [-0.05, 0) is 52.5 Å². The molecule has 0 aromatic heterocycles. The maximum Gasteiger partial charge on any atom is 0.166 e. The van der Waals surface area contributed by atoms with Crippen molar-refractivity contribution in [3.05, 3.63) is 39.6 Å². The lowest BCUT2D eigenvalue weighted by molar-refractivity contribution is -0.120. The second kappa shape index (κ2) is 6.75. The molecule has 0 radical (unpaired) electrons. The molecule has 0 unspecified atom stereocenters. The van der Waals surface area contributed by atoms with Gasteiger partial charge < -0.3 is 0 Å². The van der Waals surface area contributed by atoms with Crippen molar-refractivity contribution in [3.8, 4) is 0 Å². The lowest BCUT2D eigenvalue weighted by Crippen LogP contribution is -2.12. The SMILES string of the molecule is CC(=O)/C(=C\c1ccc(F)c(Br)c1)C(=O)CC(C)C. The van der Waals surface area contributed by atoms with Crippen molar-refractivity contribution >= 4 is 33.6 Å². The molecule has 1 aromatic carbocycles. The molecule has 19 heavy (non-hydrogen) atoms. The van der Waals surface area contributed by atoms with Crippen LogP contribution in [0.15, 0.2) is 28.2 Å². The van der Waals surface area contributed by atoms with E-state index in [2.05, 4.69) is 15.9 Å². The molecule has 0 saturated heterocycles. The molecule has 0 bridgehead atoms. The van der Waals surface area contributed by atoms with E-state index in [4.69, 9.17) is 0 Å². The molecule has 0 aliphatic carbocycles. The van der Waals surface area contributed by atoms with Gasteiger partial charge >= 0.3 is 0 Å². The largest absolute Gasteiger partial charge is 0.294 e. The average Bonchev–Trinajstić information content (AvgIpc) is 2.29. The summed E-state index contributed by atoms with van der Waals surface area (Å²) in [6.07, 6.45) is 1.84. The monoisotopic (exact) mass is 326 g/mol. The number of Topliss-reactive ketones (excluding diaryl/α,β-unsaturated/α-hetero) is 2. The summed E-state index contributed by atoms with van der Waals surface area (Å²) in [5.74, 6) is -0.640. The van der Waals surface area contributed by atoms with Crippen molar-refractivity contribution in [1.29, 1.82) is 0 Å². The molecule has 1 aromatic rings. The van der Waals surface area contributed by atoms with E-state index in [0.29, 0.717) is 16.5 Å². The molecule has 0 fully saturated rings. The second-order valence-electron chi connectivity index (χ2n) is 4.81. The predicted molar refractivity (Wildman–Crippen MR) is 77.2 cm³/mol. The van der Waals surface area contributed by atoms with Gasteiger partial charge in [0, 0.05) is 6.42 Å². The molecule has 2 nitrogen and oxygen atoms in total. The molecule has 4 heteroatoms. The number of benzene rings is 1. The molecule has 0 aliphatic heterocycles. The minimum absolute atomic E-state index is 0.159. The predicted octanol–water partition coefficient (Wildman–Crippen LogP) is 4.18. The van der Waals surface area contributed by atoms with Crippen LogP contribution in [-0.4, -0.2) is 11.6 Å². The number of halogens is 2. The number of carbonyl (C=O) groups excluding carboxylic acids is 2. The van der Waals surface area contributed by atoms with Crippen LogP contribution in [0, 0.1) is 11.7 Å². The van der Waals surface area contributed by atoms with Gasteiger partial charge in [-0.2, -0.15) is 0 Å². The number of hydrogen-bond donors (Lipinski definition) is 0. The molecule has 0 aliphatic rings. The van der Waals surface area contributed by atoms with E-state index in [-0.39, 0.29) is 28.9 Å². The van der Waals surface area contributed by atoms with Crippen molar-refractivity contribution in [1.82, 2.24) is 0 Å². The maximum absolute atomic E-state index is 13.1. The Morgan fingerprint density at radius 3 is 2.47 bits per heavy atom. The highest BCUT2D eigenvalue weighted by Crippen LogP contribution is 2.20. The average molecular weight is 327 g/mol. The van der Waals surface area contributed by atoms with Gasteiger partial charge in [-0.1, -0.05) is 19.9 Å². The quantitative estimate of drug-likeness (QED) is 0.462. The number of hydrogen-bond acceptors (Lipinski definition) is 2. The number of allylic oxidation sites excluding steroid dienone is 1. The smallest absolute Gasteiger partial charge is 0.166 e. The molecule has 102 valence electrons. The van der Waals surface area contributed by atoms with Crippen LogP contribution in [0.4, 0.5) is 4.39 Å². The van der Waals surface area contributed by atoms with E-state index in [0.717, 1.165) is 0 Å². The lowest BCUT2D eigenvalue weighted by atomic mass is 9.97. The van der Waals surface area contributed by atoms with Gasteiger partial charge in [-0.15, -0.1) is 0 Å². The van der Waals surface area contributed by atoms with E-state index in [1.807, 2.05) is 13.8 Å². The Labute approximate surface area is 120 Å². The van der Waals surface area contributed by atoms with Gasteiger partial charge in [0.15, 0.2) is 11.6 Å². The highest BCUT2D eigenvalue weighted by Gasteiger charge is 2.15. The molecule has 0 spiro atoms. The number of carbonyl (C=O) groups is 2. The minimum atomic E-state index is -0.380. The summed E-state index contributed by atoms with van der Waals surface area (Å²) in [6, 6.07) is 4.37. The van der Waals surface area contributed by atoms with Gasteiger partial charge in [0.2, 0.25) is 0 Å². The summed E-state index contributed by atoms with van der Waals surface area (Å²) in [5.41, 5.74) is 0.780.